The molecule has 0 atom stereocenters. The van der Waals surface area contributed by atoms with Crippen LogP contribution in [0.15, 0.2) is 72.8 Å². The summed E-state index contributed by atoms with van der Waals surface area (Å²) in [6.07, 6.45) is 0. The van der Waals surface area contributed by atoms with Crippen molar-refractivity contribution in [3.63, 3.8) is 0 Å². The number of nitrogens with zero attached hydrogens (tertiary/aromatic N) is 1. The zero-order chi connectivity index (χ0) is 19.1. The molecule has 0 spiro atoms. The van der Waals surface area contributed by atoms with Gasteiger partial charge in [0.05, 0.1) is 4.91 Å². The first kappa shape index (κ1) is 18.3. The molecule has 138 valence electrons. The van der Waals surface area contributed by atoms with Gasteiger partial charge in [-0.3, -0.25) is 0 Å². The van der Waals surface area contributed by atoms with E-state index in [2.05, 4.69) is 10.2 Å². The highest BCUT2D eigenvalue weighted by molar-refractivity contribution is 5.47. The molecule has 2 N–H and O–H groups in total. The van der Waals surface area contributed by atoms with Crippen LogP contribution in [0, 0.1) is 4.91 Å². The molecule has 0 fully saturated rings. The number of hydrogen-bond acceptors (Lipinski definition) is 5. The number of anilines is 1. The third-order valence-corrected chi connectivity index (χ3v) is 4.00. The monoisotopic (exact) mass is 365 g/mol. The van der Waals surface area contributed by atoms with Crippen LogP contribution >= 0.6 is 0 Å². The standard InChI is InChI=1S/C21H20N2O4/c1-26-23(25)19-7-4-5-16(13-19)15-27-21-8-3-2-6-17(21)14-22-18-9-11-20(24)12-10-18/h2-13,22H,14-15H2,1H3/p+1. The lowest BCUT2D eigenvalue weighted by atomic mass is 10.2. The molecule has 6 heteroatoms. The van der Waals surface area contributed by atoms with Gasteiger partial charge in [0.1, 0.15) is 18.1 Å². The van der Waals surface area contributed by atoms with Crippen molar-refractivity contribution in [1.82, 2.24) is 0 Å². The van der Waals surface area contributed by atoms with Gasteiger partial charge in [0.2, 0.25) is 0 Å². The fourth-order valence-electron chi connectivity index (χ4n) is 2.59. The summed E-state index contributed by atoms with van der Waals surface area (Å²) in [5.41, 5.74) is 3.20. The number of rotatable bonds is 8. The van der Waals surface area contributed by atoms with Crippen LogP contribution in [0.3, 0.4) is 0 Å². The number of benzene rings is 3. The fraction of sp³-hybridized carbons (Fsp3) is 0.143. The summed E-state index contributed by atoms with van der Waals surface area (Å²) in [5.74, 6) is 0.997. The summed E-state index contributed by atoms with van der Waals surface area (Å²) in [4.78, 5) is 16.7. The van der Waals surface area contributed by atoms with Gasteiger partial charge in [-0.2, -0.15) is 0 Å². The topological polar surface area (TPSA) is 70.8 Å². The quantitative estimate of drug-likeness (QED) is 0.452. The maximum Gasteiger partial charge on any atom is 0.317 e. The van der Waals surface area contributed by atoms with Gasteiger partial charge < -0.3 is 15.2 Å². The average Bonchev–Trinajstić information content (AvgIpc) is 2.72. The molecule has 0 amide bonds. The molecule has 0 radical (unpaired) electrons. The molecule has 0 aliphatic carbocycles. The van der Waals surface area contributed by atoms with E-state index in [0.29, 0.717) is 23.8 Å². The smallest absolute Gasteiger partial charge is 0.317 e. The van der Waals surface area contributed by atoms with Gasteiger partial charge in [-0.15, -0.1) is 0 Å². The number of phenols is 1. The van der Waals surface area contributed by atoms with Gasteiger partial charge >= 0.3 is 5.69 Å². The Kier molecular flexibility index (Phi) is 5.89. The Labute approximate surface area is 157 Å². The van der Waals surface area contributed by atoms with Crippen LogP contribution < -0.4 is 10.1 Å². The minimum absolute atomic E-state index is 0.233. The molecule has 27 heavy (non-hydrogen) atoms. The number of nitrogens with one attached hydrogen (secondary N) is 1. The number of phenolic OH excluding ortho intramolecular Hbond substituents is 1. The predicted octanol–water partition coefficient (Wildman–Crippen LogP) is 4.56. The second kappa shape index (κ2) is 8.71. The summed E-state index contributed by atoms with van der Waals surface area (Å²) < 4.78 is 5.96. The van der Waals surface area contributed by atoms with Crippen LogP contribution in [0.2, 0.25) is 0 Å². The summed E-state index contributed by atoms with van der Waals surface area (Å²) in [6, 6.07) is 21.8. The molecule has 0 saturated carbocycles. The van der Waals surface area contributed by atoms with E-state index >= 15 is 0 Å². The van der Waals surface area contributed by atoms with Crippen molar-refractivity contribution in [3.8, 4) is 11.5 Å². The van der Waals surface area contributed by atoms with Gasteiger partial charge in [-0.1, -0.05) is 30.3 Å². The molecule has 0 unspecified atom stereocenters. The predicted molar refractivity (Wildman–Crippen MR) is 103 cm³/mol. The van der Waals surface area contributed by atoms with Gasteiger partial charge in [0.25, 0.3) is 4.92 Å². The second-order valence-electron chi connectivity index (χ2n) is 5.91. The highest BCUT2D eigenvalue weighted by Gasteiger charge is 2.14. The van der Waals surface area contributed by atoms with Gasteiger partial charge in [-0.05, 0) is 35.9 Å². The maximum atomic E-state index is 11.6. The molecule has 3 aromatic carbocycles. The summed E-state index contributed by atoms with van der Waals surface area (Å²) in [7, 11) is 1.33. The summed E-state index contributed by atoms with van der Waals surface area (Å²) >= 11 is 0. The van der Waals surface area contributed by atoms with Crippen molar-refractivity contribution in [2.24, 2.45) is 0 Å². The molecule has 0 aliphatic heterocycles. The molecule has 0 bridgehead atoms. The van der Waals surface area contributed by atoms with E-state index in [-0.39, 0.29) is 5.75 Å². The molecule has 3 rings (SSSR count). The number of hydrogen-bond donors (Lipinski definition) is 2. The van der Waals surface area contributed by atoms with Crippen molar-refractivity contribution in [3.05, 3.63) is 88.8 Å². The Bertz CT molecular complexity index is 910. The minimum atomic E-state index is 0.233. The van der Waals surface area contributed by atoms with Gasteiger partial charge in [0.15, 0.2) is 7.11 Å². The molecular formula is C21H21N2O4+. The number of aromatic hydroxyl groups is 1. The van der Waals surface area contributed by atoms with Crippen LogP contribution in [0.5, 0.6) is 11.5 Å². The Hall–Kier alpha value is -3.54. The van der Waals surface area contributed by atoms with Crippen LogP contribution in [0.25, 0.3) is 0 Å². The van der Waals surface area contributed by atoms with Crippen LogP contribution in [-0.2, 0) is 18.0 Å². The zero-order valence-corrected chi connectivity index (χ0v) is 15.0. The number of para-hydroxylation sites is 1. The minimum Gasteiger partial charge on any atom is -0.508 e. The van der Waals surface area contributed by atoms with Crippen LogP contribution in [-0.4, -0.2) is 17.1 Å². The SMILES string of the molecule is CO[N+](=O)c1cccc(COc2ccccc2CNc2ccc(O)cc2)c1. The van der Waals surface area contributed by atoms with Gasteiger partial charge in [0, 0.05) is 29.9 Å². The highest BCUT2D eigenvalue weighted by Crippen LogP contribution is 2.22. The Balaban J connectivity index is 1.65. The van der Waals surface area contributed by atoms with Crippen molar-refractivity contribution in [2.75, 3.05) is 12.4 Å². The van der Waals surface area contributed by atoms with E-state index in [4.69, 9.17) is 4.74 Å². The zero-order valence-electron chi connectivity index (χ0n) is 15.0. The number of ether oxygens (including phenoxy) is 1. The maximum absolute atomic E-state index is 11.6. The first-order valence-electron chi connectivity index (χ1n) is 8.49. The first-order valence-corrected chi connectivity index (χ1v) is 8.49. The van der Waals surface area contributed by atoms with Crippen molar-refractivity contribution >= 4 is 11.4 Å². The average molecular weight is 365 g/mol. The molecular weight excluding hydrogens is 344 g/mol. The lowest BCUT2D eigenvalue weighted by Crippen LogP contribution is -2.04. The lowest BCUT2D eigenvalue weighted by Gasteiger charge is -2.13. The highest BCUT2D eigenvalue weighted by atomic mass is 16.8. The Morgan fingerprint density at radius 2 is 1.78 bits per heavy atom. The summed E-state index contributed by atoms with van der Waals surface area (Å²) in [5, 5.41) is 12.7. The third kappa shape index (κ3) is 4.98. The first-order chi connectivity index (χ1) is 13.2. The summed E-state index contributed by atoms with van der Waals surface area (Å²) in [6.45, 7) is 0.917. The lowest BCUT2D eigenvalue weighted by molar-refractivity contribution is -0.736. The van der Waals surface area contributed by atoms with E-state index in [1.807, 2.05) is 42.5 Å². The third-order valence-electron chi connectivity index (χ3n) is 4.00. The molecule has 0 saturated heterocycles. The van der Waals surface area contributed by atoms with E-state index in [1.165, 1.54) is 7.11 Å². The van der Waals surface area contributed by atoms with E-state index in [9.17, 15) is 10.0 Å². The van der Waals surface area contributed by atoms with Crippen molar-refractivity contribution in [1.29, 1.82) is 0 Å². The molecule has 0 aliphatic rings. The Morgan fingerprint density at radius 1 is 1.00 bits per heavy atom. The molecule has 3 aromatic rings. The largest absolute Gasteiger partial charge is 0.508 e. The van der Waals surface area contributed by atoms with Crippen molar-refractivity contribution < 1.29 is 19.6 Å². The fourth-order valence-corrected chi connectivity index (χ4v) is 2.59. The molecule has 0 heterocycles. The van der Waals surface area contributed by atoms with E-state index < -0.39 is 0 Å². The van der Waals surface area contributed by atoms with E-state index in [0.717, 1.165) is 22.6 Å². The van der Waals surface area contributed by atoms with Gasteiger partial charge in [-0.25, -0.2) is 4.84 Å². The van der Waals surface area contributed by atoms with Crippen molar-refractivity contribution in [2.45, 2.75) is 13.2 Å². The molecule has 0 aromatic heterocycles. The normalized spacial score (nSPS) is 10.3. The van der Waals surface area contributed by atoms with Crippen LogP contribution in [0.1, 0.15) is 11.1 Å². The second-order valence-corrected chi connectivity index (χ2v) is 5.91. The van der Waals surface area contributed by atoms with Crippen LogP contribution in [0.4, 0.5) is 11.4 Å². The molecule has 6 nitrogen and oxygen atoms in total. The Morgan fingerprint density at radius 3 is 2.56 bits per heavy atom. The van der Waals surface area contributed by atoms with E-state index in [1.54, 1.807) is 30.3 Å².